The van der Waals surface area contributed by atoms with Gasteiger partial charge in [0.05, 0.1) is 5.69 Å². The Kier molecular flexibility index (Phi) is 2.03. The molecule has 4 nitrogen and oxygen atoms in total. The summed E-state index contributed by atoms with van der Waals surface area (Å²) in [6.45, 7) is 1.86. The highest BCUT2D eigenvalue weighted by molar-refractivity contribution is 7.90. The molecule has 14 heavy (non-hydrogen) atoms. The maximum atomic E-state index is 11.6. The third-order valence-corrected chi connectivity index (χ3v) is 3.38. The van der Waals surface area contributed by atoms with E-state index in [0.29, 0.717) is 17.9 Å². The van der Waals surface area contributed by atoms with Gasteiger partial charge in [0.25, 0.3) is 10.0 Å². The normalized spacial score (nSPS) is 17.9. The maximum Gasteiger partial charge on any atom is 0.286 e. The van der Waals surface area contributed by atoms with Gasteiger partial charge >= 0.3 is 0 Å². The Morgan fingerprint density at radius 1 is 1.36 bits per heavy atom. The number of rotatable bonds is 1. The Morgan fingerprint density at radius 2 is 2.07 bits per heavy atom. The number of nitrogens with zero attached hydrogens (tertiary/aromatic N) is 1. The molecule has 0 unspecified atom stereocenters. The van der Waals surface area contributed by atoms with E-state index in [1.54, 1.807) is 24.3 Å². The van der Waals surface area contributed by atoms with Crippen LogP contribution in [0.1, 0.15) is 13.3 Å². The van der Waals surface area contributed by atoms with E-state index >= 15 is 0 Å². The smallest absolute Gasteiger partial charge is 0.286 e. The Morgan fingerprint density at radius 3 is 2.79 bits per heavy atom. The molecule has 0 saturated carbocycles. The first kappa shape index (κ1) is 9.21. The molecule has 1 aliphatic rings. The second-order valence-electron chi connectivity index (χ2n) is 2.99. The molecule has 1 aromatic carbocycles. The van der Waals surface area contributed by atoms with Crippen molar-refractivity contribution in [3.05, 3.63) is 24.3 Å². The van der Waals surface area contributed by atoms with Crippen molar-refractivity contribution >= 4 is 21.5 Å². The highest BCUT2D eigenvalue weighted by atomic mass is 32.2. The highest BCUT2D eigenvalue weighted by Crippen LogP contribution is 2.26. The lowest BCUT2D eigenvalue weighted by Gasteiger charge is -2.16. The van der Waals surface area contributed by atoms with Gasteiger partial charge in [0, 0.05) is 6.42 Å². The van der Waals surface area contributed by atoms with E-state index in [2.05, 4.69) is 9.71 Å². The van der Waals surface area contributed by atoms with Crippen LogP contribution in [0.4, 0.5) is 5.69 Å². The molecule has 1 N–H and O–H groups in total. The first-order valence-corrected chi connectivity index (χ1v) is 5.77. The number of nitrogens with one attached hydrogen (secondary N) is 1. The lowest BCUT2D eigenvalue weighted by atomic mass is 10.3. The van der Waals surface area contributed by atoms with E-state index in [0.717, 1.165) is 0 Å². The molecule has 1 aliphatic heterocycles. The fourth-order valence-corrected chi connectivity index (χ4v) is 2.53. The van der Waals surface area contributed by atoms with Crippen LogP contribution >= 0.6 is 0 Å². The number of benzene rings is 1. The third kappa shape index (κ3) is 1.39. The molecule has 2 rings (SSSR count). The highest BCUT2D eigenvalue weighted by Gasteiger charge is 2.22. The standard InChI is InChI=1S/C9H10N2O2S/c1-2-9-10-7-5-3-4-6-8(7)14(12,13)11-9/h3-6H,2H2,1H3,(H,10,11). The summed E-state index contributed by atoms with van der Waals surface area (Å²) in [5.74, 6) is 0.490. The van der Waals surface area contributed by atoms with Crippen LogP contribution in [0.3, 0.4) is 0 Å². The van der Waals surface area contributed by atoms with Crippen LogP contribution in [0.25, 0.3) is 0 Å². The van der Waals surface area contributed by atoms with Crippen molar-refractivity contribution in [3.63, 3.8) is 0 Å². The molecular formula is C9H10N2O2S. The number of amidine groups is 1. The molecule has 0 aliphatic carbocycles. The van der Waals surface area contributed by atoms with E-state index in [-0.39, 0.29) is 4.90 Å². The van der Waals surface area contributed by atoms with Gasteiger partial charge in [0.2, 0.25) is 0 Å². The molecule has 0 aromatic heterocycles. The van der Waals surface area contributed by atoms with Crippen LogP contribution in [0.5, 0.6) is 0 Å². The first-order valence-electron chi connectivity index (χ1n) is 4.33. The topological polar surface area (TPSA) is 58.5 Å². The molecule has 1 aromatic rings. The van der Waals surface area contributed by atoms with Gasteiger partial charge in [-0.3, -0.25) is 0 Å². The van der Waals surface area contributed by atoms with E-state index < -0.39 is 10.0 Å². The molecular weight excluding hydrogens is 200 g/mol. The predicted octanol–water partition coefficient (Wildman–Crippen LogP) is 1.61. The number of hydrogen-bond acceptors (Lipinski definition) is 3. The van der Waals surface area contributed by atoms with E-state index in [1.165, 1.54) is 0 Å². The fourth-order valence-electron chi connectivity index (χ4n) is 1.32. The quantitative estimate of drug-likeness (QED) is 0.766. The van der Waals surface area contributed by atoms with Crippen LogP contribution in [0.2, 0.25) is 0 Å². The second-order valence-corrected chi connectivity index (χ2v) is 4.56. The summed E-state index contributed by atoms with van der Waals surface area (Å²) < 4.78 is 26.9. The van der Waals surface area contributed by atoms with Crippen molar-refractivity contribution in [2.24, 2.45) is 4.40 Å². The van der Waals surface area contributed by atoms with Crippen LogP contribution in [-0.4, -0.2) is 14.3 Å². The van der Waals surface area contributed by atoms with Crippen LogP contribution in [0.15, 0.2) is 33.6 Å². The SMILES string of the molecule is CCC1=NS(=O)(=O)c2ccccc2N1. The van der Waals surface area contributed by atoms with Crippen molar-refractivity contribution in [2.75, 3.05) is 5.32 Å². The number of fused-ring (bicyclic) bond motifs is 1. The summed E-state index contributed by atoms with van der Waals surface area (Å²) in [7, 11) is -3.48. The fraction of sp³-hybridized carbons (Fsp3) is 0.222. The summed E-state index contributed by atoms with van der Waals surface area (Å²) in [6.07, 6.45) is 0.577. The summed E-state index contributed by atoms with van der Waals surface area (Å²) in [5, 5.41) is 2.97. The molecule has 0 fully saturated rings. The first-order chi connectivity index (χ1) is 6.63. The van der Waals surface area contributed by atoms with Gasteiger partial charge < -0.3 is 5.32 Å². The maximum absolute atomic E-state index is 11.6. The van der Waals surface area contributed by atoms with Crippen LogP contribution in [-0.2, 0) is 10.0 Å². The van der Waals surface area contributed by atoms with Gasteiger partial charge in [-0.15, -0.1) is 4.40 Å². The number of para-hydroxylation sites is 1. The van der Waals surface area contributed by atoms with Gasteiger partial charge in [0.15, 0.2) is 0 Å². The van der Waals surface area contributed by atoms with Crippen molar-refractivity contribution in [1.82, 2.24) is 0 Å². The third-order valence-electron chi connectivity index (χ3n) is 2.01. The Bertz CT molecular complexity index is 491. The summed E-state index contributed by atoms with van der Waals surface area (Å²) >= 11 is 0. The van der Waals surface area contributed by atoms with Crippen molar-refractivity contribution in [2.45, 2.75) is 18.2 Å². The van der Waals surface area contributed by atoms with Gasteiger partial charge in [0.1, 0.15) is 10.7 Å². The molecule has 74 valence electrons. The molecule has 0 saturated heterocycles. The summed E-state index contributed by atoms with van der Waals surface area (Å²) in [5.41, 5.74) is 0.611. The lowest BCUT2D eigenvalue weighted by molar-refractivity contribution is 0.597. The largest absolute Gasteiger partial charge is 0.342 e. The molecule has 0 atom stereocenters. The summed E-state index contributed by atoms with van der Waals surface area (Å²) in [4.78, 5) is 0.247. The average Bonchev–Trinajstić information content (AvgIpc) is 2.17. The van der Waals surface area contributed by atoms with Crippen molar-refractivity contribution in [3.8, 4) is 0 Å². The van der Waals surface area contributed by atoms with Crippen LogP contribution in [0, 0.1) is 0 Å². The molecule has 0 bridgehead atoms. The van der Waals surface area contributed by atoms with E-state index in [9.17, 15) is 8.42 Å². The molecule has 0 radical (unpaired) electrons. The molecule has 5 heteroatoms. The van der Waals surface area contributed by atoms with Crippen molar-refractivity contribution < 1.29 is 8.42 Å². The monoisotopic (exact) mass is 210 g/mol. The lowest BCUT2D eigenvalue weighted by Crippen LogP contribution is -2.20. The average molecular weight is 210 g/mol. The number of hydrogen-bond donors (Lipinski definition) is 1. The number of anilines is 1. The molecule has 1 heterocycles. The Labute approximate surface area is 82.7 Å². The zero-order chi connectivity index (χ0) is 10.2. The van der Waals surface area contributed by atoms with Gasteiger partial charge in [-0.05, 0) is 12.1 Å². The summed E-state index contributed by atoms with van der Waals surface area (Å²) in [6, 6.07) is 6.76. The molecule has 0 spiro atoms. The minimum Gasteiger partial charge on any atom is -0.342 e. The van der Waals surface area contributed by atoms with Crippen molar-refractivity contribution in [1.29, 1.82) is 0 Å². The zero-order valence-corrected chi connectivity index (χ0v) is 8.50. The zero-order valence-electron chi connectivity index (χ0n) is 7.69. The van der Waals surface area contributed by atoms with Crippen LogP contribution < -0.4 is 5.32 Å². The second kappa shape index (κ2) is 3.09. The van der Waals surface area contributed by atoms with Gasteiger partial charge in [-0.25, -0.2) is 0 Å². The minimum atomic E-state index is -3.48. The Balaban J connectivity index is 2.63. The van der Waals surface area contributed by atoms with E-state index in [4.69, 9.17) is 0 Å². The molecule has 0 amide bonds. The van der Waals surface area contributed by atoms with E-state index in [1.807, 2.05) is 6.92 Å². The van der Waals surface area contributed by atoms with Gasteiger partial charge in [-0.1, -0.05) is 19.1 Å². The predicted molar refractivity (Wildman–Crippen MR) is 55.0 cm³/mol. The minimum absolute atomic E-state index is 0.247. The number of sulfonamides is 1. The Hall–Kier alpha value is -1.36. The van der Waals surface area contributed by atoms with Gasteiger partial charge in [-0.2, -0.15) is 8.42 Å².